The van der Waals surface area contributed by atoms with Crippen LogP contribution in [0.1, 0.15) is 56.1 Å². The summed E-state index contributed by atoms with van der Waals surface area (Å²) in [7, 11) is 6.53. The molecule has 2 aliphatic rings. The van der Waals surface area contributed by atoms with E-state index in [1.54, 1.807) is 11.4 Å². The van der Waals surface area contributed by atoms with Crippen molar-refractivity contribution in [3.8, 4) is 5.75 Å². The molecular formula is C27H46N4O3S. The second kappa shape index (κ2) is 13.2. The molecule has 198 valence electrons. The van der Waals surface area contributed by atoms with Gasteiger partial charge in [0.15, 0.2) is 0 Å². The van der Waals surface area contributed by atoms with Crippen molar-refractivity contribution < 1.29 is 13.7 Å². The standard InChI is InChI=1S/C27H46N4O3S/c1-20-17-25(34-6)18-21(2)27(20)35(33)30(5)14-13-26(32)28-23-9-7-22(8-10-23)19-31-15-11-24(12-16-31)29(3)4/h17-18,22-24H,7-16,19H2,1-6H3,(H,28,32). The minimum Gasteiger partial charge on any atom is -0.497 e. The molecular weight excluding hydrogens is 460 g/mol. The summed E-state index contributed by atoms with van der Waals surface area (Å²) in [5.41, 5.74) is 1.88. The monoisotopic (exact) mass is 506 g/mol. The Balaban J connectivity index is 1.37. The van der Waals surface area contributed by atoms with Gasteiger partial charge in [-0.2, -0.15) is 0 Å². The number of ether oxygens (including phenoxy) is 1. The Labute approximate surface area is 215 Å². The molecule has 0 radical (unpaired) electrons. The topological polar surface area (TPSA) is 65.1 Å². The average molecular weight is 507 g/mol. The summed E-state index contributed by atoms with van der Waals surface area (Å²) in [5, 5.41) is 3.23. The predicted octanol–water partition coefficient (Wildman–Crippen LogP) is 3.36. The number of likely N-dealkylation sites (tertiary alicyclic amines) is 1. The molecule has 1 N–H and O–H groups in total. The normalized spacial score (nSPS) is 23.0. The molecule has 0 aromatic heterocycles. The highest BCUT2D eigenvalue weighted by molar-refractivity contribution is 7.82. The van der Waals surface area contributed by atoms with E-state index in [9.17, 15) is 9.00 Å². The molecule has 1 aromatic rings. The van der Waals surface area contributed by atoms with Crippen LogP contribution in [0.25, 0.3) is 0 Å². The maximum Gasteiger partial charge on any atom is 0.221 e. The quantitative estimate of drug-likeness (QED) is 0.527. The molecule has 3 rings (SSSR count). The van der Waals surface area contributed by atoms with Crippen LogP contribution in [-0.2, 0) is 15.8 Å². The highest BCUT2D eigenvalue weighted by atomic mass is 32.2. The maximum absolute atomic E-state index is 13.1. The molecule has 1 unspecified atom stereocenters. The second-order valence-electron chi connectivity index (χ2n) is 10.7. The highest BCUT2D eigenvalue weighted by Gasteiger charge is 2.27. The number of aryl methyl sites for hydroxylation is 2. The summed E-state index contributed by atoms with van der Waals surface area (Å²) >= 11 is 0. The van der Waals surface area contributed by atoms with Crippen LogP contribution in [0.15, 0.2) is 17.0 Å². The lowest BCUT2D eigenvalue weighted by Gasteiger charge is -2.38. The zero-order chi connectivity index (χ0) is 25.5. The van der Waals surface area contributed by atoms with Gasteiger partial charge < -0.3 is 19.9 Å². The first kappa shape index (κ1) is 28.1. The lowest BCUT2D eigenvalue weighted by Crippen LogP contribution is -2.45. The molecule has 1 saturated carbocycles. The van der Waals surface area contributed by atoms with Gasteiger partial charge >= 0.3 is 0 Å². The lowest BCUT2D eigenvalue weighted by atomic mass is 9.85. The van der Waals surface area contributed by atoms with Crippen molar-refractivity contribution in [2.24, 2.45) is 5.92 Å². The van der Waals surface area contributed by atoms with Crippen LogP contribution >= 0.6 is 0 Å². The van der Waals surface area contributed by atoms with Crippen molar-refractivity contribution in [2.45, 2.75) is 75.8 Å². The molecule has 1 amide bonds. The number of hydrogen-bond donors (Lipinski definition) is 1. The van der Waals surface area contributed by atoms with Gasteiger partial charge in [0.05, 0.1) is 12.0 Å². The van der Waals surface area contributed by atoms with Gasteiger partial charge in [-0.25, -0.2) is 8.51 Å². The van der Waals surface area contributed by atoms with Crippen molar-refractivity contribution in [1.29, 1.82) is 0 Å². The van der Waals surface area contributed by atoms with Crippen molar-refractivity contribution in [2.75, 3.05) is 54.4 Å². The number of rotatable bonds is 10. The number of piperidine rings is 1. The fourth-order valence-electron chi connectivity index (χ4n) is 5.57. The highest BCUT2D eigenvalue weighted by Crippen LogP contribution is 2.27. The van der Waals surface area contributed by atoms with Crippen molar-refractivity contribution >= 4 is 16.9 Å². The first-order valence-electron chi connectivity index (χ1n) is 13.1. The van der Waals surface area contributed by atoms with Crippen LogP contribution in [0.2, 0.25) is 0 Å². The Morgan fingerprint density at radius 1 is 1.06 bits per heavy atom. The second-order valence-corrected chi connectivity index (χ2v) is 12.3. The van der Waals surface area contributed by atoms with E-state index in [1.165, 1.54) is 45.3 Å². The van der Waals surface area contributed by atoms with Crippen LogP contribution in [0, 0.1) is 19.8 Å². The molecule has 35 heavy (non-hydrogen) atoms. The maximum atomic E-state index is 13.1. The minimum absolute atomic E-state index is 0.0613. The Bertz CT molecular complexity index is 839. The van der Waals surface area contributed by atoms with Gasteiger partial charge in [-0.3, -0.25) is 4.79 Å². The number of carbonyl (C=O) groups excluding carboxylic acids is 1. The molecule has 1 aliphatic heterocycles. The summed E-state index contributed by atoms with van der Waals surface area (Å²) in [6.45, 7) is 7.99. The summed E-state index contributed by atoms with van der Waals surface area (Å²) in [4.78, 5) is 18.4. The van der Waals surface area contributed by atoms with E-state index < -0.39 is 11.0 Å². The Morgan fingerprint density at radius 3 is 2.20 bits per heavy atom. The summed E-state index contributed by atoms with van der Waals surface area (Å²) in [5.74, 6) is 1.58. The third kappa shape index (κ3) is 8.00. The van der Waals surface area contributed by atoms with E-state index in [-0.39, 0.29) is 11.9 Å². The third-order valence-electron chi connectivity index (χ3n) is 7.80. The van der Waals surface area contributed by atoms with Gasteiger partial charge in [0.1, 0.15) is 16.7 Å². The van der Waals surface area contributed by atoms with E-state index >= 15 is 0 Å². The third-order valence-corrected chi connectivity index (χ3v) is 9.54. The summed E-state index contributed by atoms with van der Waals surface area (Å²) in [6, 6.07) is 4.82. The smallest absolute Gasteiger partial charge is 0.221 e. The van der Waals surface area contributed by atoms with Crippen molar-refractivity contribution in [3.63, 3.8) is 0 Å². The SMILES string of the molecule is COc1cc(C)c(S(=O)N(C)CCC(=O)NC2CCC(CN3CCC(N(C)C)CC3)CC2)c(C)c1. The fraction of sp³-hybridized carbons (Fsp3) is 0.741. The Morgan fingerprint density at radius 2 is 1.66 bits per heavy atom. The largest absolute Gasteiger partial charge is 0.497 e. The van der Waals surface area contributed by atoms with Crippen LogP contribution in [0.3, 0.4) is 0 Å². The molecule has 7 nitrogen and oxygen atoms in total. The first-order valence-corrected chi connectivity index (χ1v) is 14.2. The molecule has 1 atom stereocenters. The molecule has 1 aliphatic carbocycles. The number of nitrogens with one attached hydrogen (secondary N) is 1. The van der Waals surface area contributed by atoms with Crippen molar-refractivity contribution in [3.05, 3.63) is 23.3 Å². The van der Waals surface area contributed by atoms with Gasteiger partial charge in [0.2, 0.25) is 5.91 Å². The number of benzene rings is 1. The van der Waals surface area contributed by atoms with Crippen LogP contribution in [0.5, 0.6) is 5.75 Å². The van der Waals surface area contributed by atoms with Crippen LogP contribution < -0.4 is 10.1 Å². The van der Waals surface area contributed by atoms with Gasteiger partial charge in [-0.1, -0.05) is 0 Å². The van der Waals surface area contributed by atoms with Gasteiger partial charge in [-0.05, 0) is 109 Å². The molecule has 1 aromatic carbocycles. The summed E-state index contributed by atoms with van der Waals surface area (Å²) in [6.07, 6.45) is 7.42. The van der Waals surface area contributed by atoms with Gasteiger partial charge in [0.25, 0.3) is 0 Å². The molecule has 1 saturated heterocycles. The molecule has 8 heteroatoms. The van der Waals surface area contributed by atoms with Gasteiger partial charge in [-0.15, -0.1) is 0 Å². The summed E-state index contributed by atoms with van der Waals surface area (Å²) < 4.78 is 20.2. The fourth-order valence-corrected chi connectivity index (χ4v) is 6.81. The minimum atomic E-state index is -1.31. The first-order chi connectivity index (χ1) is 16.7. The van der Waals surface area contributed by atoms with Crippen molar-refractivity contribution in [1.82, 2.24) is 19.4 Å². The van der Waals surface area contributed by atoms with Crippen LogP contribution in [0.4, 0.5) is 0 Å². The Kier molecular flexibility index (Phi) is 10.6. The number of amides is 1. The van der Waals surface area contributed by atoms with E-state index in [0.29, 0.717) is 13.0 Å². The molecule has 0 spiro atoms. The zero-order valence-corrected chi connectivity index (χ0v) is 23.5. The van der Waals surface area contributed by atoms with E-state index in [2.05, 4.69) is 29.2 Å². The number of carbonyl (C=O) groups is 1. The number of hydrogen-bond acceptors (Lipinski definition) is 5. The molecule has 1 heterocycles. The average Bonchev–Trinajstić information content (AvgIpc) is 2.83. The molecule has 0 bridgehead atoms. The Hall–Kier alpha value is -1.48. The molecule has 2 fully saturated rings. The van der Waals surface area contributed by atoms with Gasteiger partial charge in [0, 0.05) is 38.6 Å². The van der Waals surface area contributed by atoms with E-state index in [0.717, 1.165) is 46.6 Å². The number of methoxy groups -OCH3 is 1. The zero-order valence-electron chi connectivity index (χ0n) is 22.6. The van der Waals surface area contributed by atoms with E-state index in [1.807, 2.05) is 33.0 Å². The number of nitrogens with zero attached hydrogens (tertiary/aromatic N) is 3. The van der Waals surface area contributed by atoms with E-state index in [4.69, 9.17) is 4.74 Å². The lowest BCUT2D eigenvalue weighted by molar-refractivity contribution is -0.122. The predicted molar refractivity (Wildman–Crippen MR) is 143 cm³/mol. The van der Waals surface area contributed by atoms with Crippen LogP contribution in [-0.4, -0.2) is 90.7 Å².